The van der Waals surface area contributed by atoms with Crippen molar-refractivity contribution in [2.75, 3.05) is 31.9 Å². The van der Waals surface area contributed by atoms with Crippen LogP contribution in [-0.4, -0.2) is 60.8 Å². The molecule has 0 bridgehead atoms. The number of hydrogen-bond donors (Lipinski definition) is 1. The van der Waals surface area contributed by atoms with E-state index < -0.39 is 9.84 Å². The predicted octanol–water partition coefficient (Wildman–Crippen LogP) is 2.21. The van der Waals surface area contributed by atoms with Crippen LogP contribution in [0.3, 0.4) is 0 Å². The molecule has 1 N–H and O–H groups in total. The van der Waals surface area contributed by atoms with Crippen molar-refractivity contribution in [2.24, 2.45) is 10.9 Å². The van der Waals surface area contributed by atoms with Crippen molar-refractivity contribution in [3.63, 3.8) is 0 Å². The summed E-state index contributed by atoms with van der Waals surface area (Å²) in [7, 11) is -3.32. The van der Waals surface area contributed by atoms with Crippen LogP contribution in [0.25, 0.3) is 0 Å². The second-order valence-corrected chi connectivity index (χ2v) is 9.27. The van der Waals surface area contributed by atoms with Gasteiger partial charge in [0.2, 0.25) is 0 Å². The molecule has 28 heavy (non-hydrogen) atoms. The zero-order chi connectivity index (χ0) is 20.0. The lowest BCUT2D eigenvalue weighted by Crippen LogP contribution is -2.49. The second-order valence-electron chi connectivity index (χ2n) is 7.16. The molecule has 1 aliphatic rings. The summed E-state index contributed by atoms with van der Waals surface area (Å²) in [6.45, 7) is 7.00. The molecule has 2 atom stereocenters. The molecule has 0 amide bonds. The fourth-order valence-electron chi connectivity index (χ4n) is 3.54. The Morgan fingerprint density at radius 1 is 1.32 bits per heavy atom. The van der Waals surface area contributed by atoms with Gasteiger partial charge in [0.05, 0.1) is 29.6 Å². The largest absolute Gasteiger partial charge is 0.357 e. The first-order valence-electron chi connectivity index (χ1n) is 9.79. The maximum absolute atomic E-state index is 12.5. The molecule has 2 heterocycles. The standard InChI is InChI=1S/C20H29N5O2S/c1-3-22-20(23-11-14-28(26,27)18-7-5-4-6-8-18)24-12-9-17(2)19(15-24)25-13-10-21-16-25/h4-8,10,13,16-17,19H,3,9,11-12,14-15H2,1-2H3,(H,22,23). The molecule has 1 fully saturated rings. The summed E-state index contributed by atoms with van der Waals surface area (Å²) in [6, 6.07) is 8.89. The third kappa shape index (κ3) is 4.92. The first-order valence-corrected chi connectivity index (χ1v) is 11.4. The van der Waals surface area contributed by atoms with Gasteiger partial charge in [0.25, 0.3) is 0 Å². The van der Waals surface area contributed by atoms with E-state index in [4.69, 9.17) is 0 Å². The normalized spacial score (nSPS) is 20.9. The number of piperidine rings is 1. The summed E-state index contributed by atoms with van der Waals surface area (Å²) in [5, 5.41) is 3.32. The third-order valence-electron chi connectivity index (χ3n) is 5.18. The summed E-state index contributed by atoms with van der Waals surface area (Å²) < 4.78 is 27.1. The smallest absolute Gasteiger partial charge is 0.194 e. The van der Waals surface area contributed by atoms with E-state index in [1.54, 1.807) is 30.5 Å². The van der Waals surface area contributed by atoms with Crippen LogP contribution in [-0.2, 0) is 9.84 Å². The van der Waals surface area contributed by atoms with E-state index in [0.29, 0.717) is 16.9 Å². The molecule has 1 aromatic heterocycles. The molecule has 3 rings (SSSR count). The van der Waals surface area contributed by atoms with E-state index in [2.05, 4.69) is 31.7 Å². The number of rotatable bonds is 6. The number of likely N-dealkylation sites (tertiary alicyclic amines) is 1. The highest BCUT2D eigenvalue weighted by atomic mass is 32.2. The van der Waals surface area contributed by atoms with Gasteiger partial charge in [-0.3, -0.25) is 4.99 Å². The van der Waals surface area contributed by atoms with Gasteiger partial charge in [-0.15, -0.1) is 0 Å². The Balaban J connectivity index is 1.68. The first kappa shape index (κ1) is 20.4. The Hall–Kier alpha value is -2.35. The topological polar surface area (TPSA) is 79.6 Å². The van der Waals surface area contributed by atoms with Crippen LogP contribution in [0.1, 0.15) is 26.3 Å². The summed E-state index contributed by atoms with van der Waals surface area (Å²) in [5.74, 6) is 1.33. The summed E-state index contributed by atoms with van der Waals surface area (Å²) in [4.78, 5) is 11.4. The molecular formula is C20H29N5O2S. The number of guanidine groups is 1. The minimum Gasteiger partial charge on any atom is -0.357 e. The lowest BCUT2D eigenvalue weighted by Gasteiger charge is -2.39. The Morgan fingerprint density at radius 3 is 2.79 bits per heavy atom. The lowest BCUT2D eigenvalue weighted by atomic mass is 9.93. The van der Waals surface area contributed by atoms with Gasteiger partial charge in [-0.25, -0.2) is 13.4 Å². The van der Waals surface area contributed by atoms with Crippen LogP contribution in [0.4, 0.5) is 0 Å². The van der Waals surface area contributed by atoms with Gasteiger partial charge in [0.1, 0.15) is 0 Å². The van der Waals surface area contributed by atoms with Crippen molar-refractivity contribution in [1.82, 2.24) is 19.8 Å². The molecule has 152 valence electrons. The Kier molecular flexibility index (Phi) is 6.72. The van der Waals surface area contributed by atoms with Gasteiger partial charge < -0.3 is 14.8 Å². The maximum Gasteiger partial charge on any atom is 0.194 e. The van der Waals surface area contributed by atoms with E-state index in [-0.39, 0.29) is 12.3 Å². The molecule has 7 nitrogen and oxygen atoms in total. The van der Waals surface area contributed by atoms with Crippen molar-refractivity contribution in [3.8, 4) is 0 Å². The summed E-state index contributed by atoms with van der Waals surface area (Å²) in [6.07, 6.45) is 6.72. The van der Waals surface area contributed by atoms with Gasteiger partial charge in [0.15, 0.2) is 15.8 Å². The Morgan fingerprint density at radius 2 is 2.11 bits per heavy atom. The van der Waals surface area contributed by atoms with Crippen molar-refractivity contribution >= 4 is 15.8 Å². The monoisotopic (exact) mass is 403 g/mol. The molecule has 8 heteroatoms. The lowest BCUT2D eigenvalue weighted by molar-refractivity contribution is 0.189. The molecule has 0 spiro atoms. The molecule has 0 aliphatic carbocycles. The van der Waals surface area contributed by atoms with E-state index in [1.165, 1.54) is 0 Å². The molecule has 0 radical (unpaired) electrons. The molecule has 1 aliphatic heterocycles. The quantitative estimate of drug-likeness (QED) is 0.591. The van der Waals surface area contributed by atoms with Crippen molar-refractivity contribution in [2.45, 2.75) is 31.2 Å². The van der Waals surface area contributed by atoms with Crippen molar-refractivity contribution in [3.05, 3.63) is 49.1 Å². The Bertz CT molecular complexity index is 865. The molecule has 1 saturated heterocycles. The fraction of sp³-hybridized carbons (Fsp3) is 0.500. The van der Waals surface area contributed by atoms with Gasteiger partial charge in [-0.05, 0) is 31.4 Å². The van der Waals surface area contributed by atoms with Crippen LogP contribution in [0.5, 0.6) is 0 Å². The zero-order valence-corrected chi connectivity index (χ0v) is 17.3. The number of aliphatic imine (C=N–C) groups is 1. The maximum atomic E-state index is 12.5. The minimum absolute atomic E-state index is 0.00109. The fourth-order valence-corrected chi connectivity index (χ4v) is 4.68. The van der Waals surface area contributed by atoms with E-state index in [1.807, 2.05) is 25.5 Å². The number of aromatic nitrogens is 2. The second kappa shape index (κ2) is 9.23. The average Bonchev–Trinajstić information content (AvgIpc) is 3.23. The van der Waals surface area contributed by atoms with Crippen LogP contribution >= 0.6 is 0 Å². The number of nitrogens with one attached hydrogen (secondary N) is 1. The SMILES string of the molecule is CCNC(=NCCS(=O)(=O)c1ccccc1)N1CCC(C)C(n2ccnc2)C1. The van der Waals surface area contributed by atoms with Crippen LogP contribution in [0, 0.1) is 5.92 Å². The number of nitrogens with zero attached hydrogens (tertiary/aromatic N) is 4. The van der Waals surface area contributed by atoms with Crippen molar-refractivity contribution in [1.29, 1.82) is 0 Å². The summed E-state index contributed by atoms with van der Waals surface area (Å²) in [5.41, 5.74) is 0. The third-order valence-corrected chi connectivity index (χ3v) is 6.90. The molecule has 2 unspecified atom stereocenters. The van der Waals surface area contributed by atoms with E-state index >= 15 is 0 Å². The van der Waals surface area contributed by atoms with Gasteiger partial charge >= 0.3 is 0 Å². The van der Waals surface area contributed by atoms with Crippen LogP contribution in [0.2, 0.25) is 0 Å². The summed E-state index contributed by atoms with van der Waals surface area (Å²) >= 11 is 0. The number of hydrogen-bond acceptors (Lipinski definition) is 4. The van der Waals surface area contributed by atoms with Crippen molar-refractivity contribution < 1.29 is 8.42 Å². The molecule has 1 aromatic carbocycles. The zero-order valence-electron chi connectivity index (χ0n) is 16.5. The molecule has 2 aromatic rings. The van der Waals surface area contributed by atoms with Crippen LogP contribution in [0.15, 0.2) is 58.9 Å². The van der Waals surface area contributed by atoms with Gasteiger partial charge in [-0.1, -0.05) is 25.1 Å². The first-order chi connectivity index (χ1) is 13.5. The predicted molar refractivity (Wildman–Crippen MR) is 111 cm³/mol. The number of benzene rings is 1. The highest BCUT2D eigenvalue weighted by Crippen LogP contribution is 2.27. The van der Waals surface area contributed by atoms with Crippen LogP contribution < -0.4 is 5.32 Å². The van der Waals surface area contributed by atoms with E-state index in [9.17, 15) is 8.42 Å². The number of sulfone groups is 1. The molecule has 0 saturated carbocycles. The number of imidazole rings is 1. The Labute approximate surface area is 167 Å². The van der Waals surface area contributed by atoms with E-state index in [0.717, 1.165) is 32.0 Å². The average molecular weight is 404 g/mol. The minimum atomic E-state index is -3.32. The highest BCUT2D eigenvalue weighted by molar-refractivity contribution is 7.91. The van der Waals surface area contributed by atoms with Gasteiger partial charge in [-0.2, -0.15) is 0 Å². The highest BCUT2D eigenvalue weighted by Gasteiger charge is 2.29. The molecular weight excluding hydrogens is 374 g/mol. The van der Waals surface area contributed by atoms with Gasteiger partial charge in [0, 0.05) is 32.0 Å².